The molecule has 1 aromatic heterocycles. The number of nitrogens with zero attached hydrogens (tertiary/aromatic N) is 3. The Labute approximate surface area is 120 Å². The number of carbonyl (C=O) groups is 1. The lowest BCUT2D eigenvalue weighted by atomic mass is 10.2. The van der Waals surface area contributed by atoms with Gasteiger partial charge in [0.1, 0.15) is 18.5 Å². The minimum Gasteiger partial charge on any atom is -0.322 e. The van der Waals surface area contributed by atoms with Gasteiger partial charge in [-0.15, -0.1) is 0 Å². The predicted octanol–water partition coefficient (Wildman–Crippen LogP) is 2.66. The van der Waals surface area contributed by atoms with Crippen LogP contribution in [0.1, 0.15) is 10.4 Å². The molecule has 0 radical (unpaired) electrons. The molecule has 104 valence electrons. The first-order chi connectivity index (χ1) is 10.2. The molecule has 0 aliphatic carbocycles. The van der Waals surface area contributed by atoms with E-state index in [0.29, 0.717) is 11.3 Å². The molecule has 3 aromatic rings. The average Bonchev–Trinajstić information content (AvgIpc) is 3.04. The molecule has 0 aliphatic heterocycles. The standard InChI is InChI=1S/C15H11FN4O/c16-12-3-5-13(6-4-12)19-15(21)11-1-7-14(8-2-11)20-10-17-9-18-20/h1-10H,(H,19,21). The third-order valence-corrected chi connectivity index (χ3v) is 2.91. The van der Waals surface area contributed by atoms with Crippen molar-refractivity contribution < 1.29 is 9.18 Å². The lowest BCUT2D eigenvalue weighted by molar-refractivity contribution is 0.102. The first kappa shape index (κ1) is 13.0. The van der Waals surface area contributed by atoms with Gasteiger partial charge in [-0.25, -0.2) is 14.1 Å². The van der Waals surface area contributed by atoms with Crippen LogP contribution in [0, 0.1) is 5.82 Å². The highest BCUT2D eigenvalue weighted by atomic mass is 19.1. The molecule has 0 fully saturated rings. The highest BCUT2D eigenvalue weighted by Crippen LogP contribution is 2.12. The van der Waals surface area contributed by atoms with Crippen molar-refractivity contribution in [2.45, 2.75) is 0 Å². The summed E-state index contributed by atoms with van der Waals surface area (Å²) in [5.74, 6) is -0.600. The van der Waals surface area contributed by atoms with Gasteiger partial charge in [0.2, 0.25) is 0 Å². The van der Waals surface area contributed by atoms with E-state index in [1.165, 1.54) is 30.6 Å². The van der Waals surface area contributed by atoms with Crippen molar-refractivity contribution in [3.05, 3.63) is 72.6 Å². The zero-order valence-corrected chi connectivity index (χ0v) is 10.9. The maximum absolute atomic E-state index is 12.8. The number of hydrogen-bond acceptors (Lipinski definition) is 3. The van der Waals surface area contributed by atoms with Crippen LogP contribution in [0.15, 0.2) is 61.2 Å². The Kier molecular flexibility index (Phi) is 3.42. The van der Waals surface area contributed by atoms with E-state index in [1.807, 2.05) is 0 Å². The quantitative estimate of drug-likeness (QED) is 0.803. The second-order valence-electron chi connectivity index (χ2n) is 4.35. The number of aromatic nitrogens is 3. The van der Waals surface area contributed by atoms with Gasteiger partial charge in [-0.3, -0.25) is 4.79 Å². The van der Waals surface area contributed by atoms with E-state index >= 15 is 0 Å². The number of benzene rings is 2. The average molecular weight is 282 g/mol. The molecule has 0 saturated heterocycles. The molecule has 1 amide bonds. The number of anilines is 1. The van der Waals surface area contributed by atoms with Crippen molar-refractivity contribution in [2.75, 3.05) is 5.32 Å². The monoisotopic (exact) mass is 282 g/mol. The summed E-state index contributed by atoms with van der Waals surface area (Å²) in [7, 11) is 0. The molecule has 0 spiro atoms. The minimum absolute atomic E-state index is 0.258. The van der Waals surface area contributed by atoms with Gasteiger partial charge in [0.15, 0.2) is 0 Å². The van der Waals surface area contributed by atoms with Crippen LogP contribution in [-0.2, 0) is 0 Å². The maximum atomic E-state index is 12.8. The molecule has 5 nitrogen and oxygen atoms in total. The molecule has 0 aliphatic rings. The Hall–Kier alpha value is -3.02. The molecule has 2 aromatic carbocycles. The van der Waals surface area contributed by atoms with Crippen molar-refractivity contribution in [1.82, 2.24) is 14.8 Å². The largest absolute Gasteiger partial charge is 0.322 e. The summed E-state index contributed by atoms with van der Waals surface area (Å²) in [5.41, 5.74) is 1.86. The molecule has 6 heteroatoms. The van der Waals surface area contributed by atoms with Crippen molar-refractivity contribution >= 4 is 11.6 Å². The van der Waals surface area contributed by atoms with Gasteiger partial charge in [-0.05, 0) is 48.5 Å². The number of hydrogen-bond donors (Lipinski definition) is 1. The Morgan fingerprint density at radius 2 is 1.76 bits per heavy atom. The summed E-state index contributed by atoms with van der Waals surface area (Å²) < 4.78 is 14.4. The zero-order valence-electron chi connectivity index (χ0n) is 10.9. The third kappa shape index (κ3) is 2.94. The molecule has 0 atom stereocenters. The van der Waals surface area contributed by atoms with Crippen LogP contribution in [0.3, 0.4) is 0 Å². The van der Waals surface area contributed by atoms with Gasteiger partial charge in [-0.1, -0.05) is 0 Å². The van der Waals surface area contributed by atoms with Crippen LogP contribution in [0.5, 0.6) is 0 Å². The summed E-state index contributed by atoms with van der Waals surface area (Å²) >= 11 is 0. The van der Waals surface area contributed by atoms with Gasteiger partial charge in [0.25, 0.3) is 5.91 Å². The number of carbonyl (C=O) groups excluding carboxylic acids is 1. The number of amides is 1. The van der Waals surface area contributed by atoms with Crippen LogP contribution in [0.25, 0.3) is 5.69 Å². The fourth-order valence-corrected chi connectivity index (χ4v) is 1.84. The van der Waals surface area contributed by atoms with Crippen LogP contribution >= 0.6 is 0 Å². The highest BCUT2D eigenvalue weighted by molar-refractivity contribution is 6.04. The van der Waals surface area contributed by atoms with Crippen LogP contribution in [-0.4, -0.2) is 20.7 Å². The number of nitrogens with one attached hydrogen (secondary N) is 1. The normalized spacial score (nSPS) is 10.3. The van der Waals surface area contributed by atoms with Gasteiger partial charge < -0.3 is 5.32 Å². The summed E-state index contributed by atoms with van der Waals surface area (Å²) in [6.07, 6.45) is 3.02. The SMILES string of the molecule is O=C(Nc1ccc(F)cc1)c1ccc(-n2cncn2)cc1. The number of rotatable bonds is 3. The fourth-order valence-electron chi connectivity index (χ4n) is 1.84. The molecule has 0 saturated carbocycles. The first-order valence-corrected chi connectivity index (χ1v) is 6.24. The predicted molar refractivity (Wildman–Crippen MR) is 75.7 cm³/mol. The second kappa shape index (κ2) is 5.54. The topological polar surface area (TPSA) is 59.8 Å². The first-order valence-electron chi connectivity index (χ1n) is 6.24. The van der Waals surface area contributed by atoms with E-state index in [4.69, 9.17) is 0 Å². The van der Waals surface area contributed by atoms with E-state index in [9.17, 15) is 9.18 Å². The van der Waals surface area contributed by atoms with Crippen LogP contribution < -0.4 is 5.32 Å². The van der Waals surface area contributed by atoms with Gasteiger partial charge in [-0.2, -0.15) is 5.10 Å². The molecule has 1 heterocycles. The molecule has 21 heavy (non-hydrogen) atoms. The van der Waals surface area contributed by atoms with Crippen molar-refractivity contribution in [2.24, 2.45) is 0 Å². The van der Waals surface area contributed by atoms with E-state index in [0.717, 1.165) is 5.69 Å². The fraction of sp³-hybridized carbons (Fsp3) is 0. The summed E-state index contributed by atoms with van der Waals surface area (Å²) in [4.78, 5) is 15.9. The van der Waals surface area contributed by atoms with Crippen LogP contribution in [0.2, 0.25) is 0 Å². The molecule has 1 N–H and O–H groups in total. The molecular formula is C15H11FN4O. The molecule has 3 rings (SSSR count). The maximum Gasteiger partial charge on any atom is 0.255 e. The molecule has 0 bridgehead atoms. The van der Waals surface area contributed by atoms with Crippen molar-refractivity contribution in [1.29, 1.82) is 0 Å². The highest BCUT2D eigenvalue weighted by Gasteiger charge is 2.06. The Bertz CT molecular complexity index is 736. The summed E-state index contributed by atoms with van der Waals surface area (Å²) in [6, 6.07) is 12.5. The van der Waals surface area contributed by atoms with Crippen molar-refractivity contribution in [3.63, 3.8) is 0 Å². The Morgan fingerprint density at radius 1 is 1.05 bits per heavy atom. The van der Waals surface area contributed by atoms with Crippen LogP contribution in [0.4, 0.5) is 10.1 Å². The van der Waals surface area contributed by atoms with Gasteiger partial charge >= 0.3 is 0 Å². The van der Waals surface area contributed by atoms with E-state index in [1.54, 1.807) is 35.3 Å². The smallest absolute Gasteiger partial charge is 0.255 e. The Balaban J connectivity index is 1.74. The van der Waals surface area contributed by atoms with Crippen molar-refractivity contribution in [3.8, 4) is 5.69 Å². The lowest BCUT2D eigenvalue weighted by Crippen LogP contribution is -2.11. The van der Waals surface area contributed by atoms with E-state index < -0.39 is 0 Å². The molecule has 0 unspecified atom stereocenters. The minimum atomic E-state index is -0.342. The summed E-state index contributed by atoms with van der Waals surface area (Å²) in [5, 5.41) is 6.71. The summed E-state index contributed by atoms with van der Waals surface area (Å²) in [6.45, 7) is 0. The van der Waals surface area contributed by atoms with E-state index in [-0.39, 0.29) is 11.7 Å². The van der Waals surface area contributed by atoms with E-state index in [2.05, 4.69) is 15.4 Å². The lowest BCUT2D eigenvalue weighted by Gasteiger charge is -2.06. The Morgan fingerprint density at radius 3 is 2.38 bits per heavy atom. The number of halogens is 1. The second-order valence-corrected chi connectivity index (χ2v) is 4.35. The molecular weight excluding hydrogens is 271 g/mol. The van der Waals surface area contributed by atoms with Gasteiger partial charge in [0.05, 0.1) is 5.69 Å². The zero-order chi connectivity index (χ0) is 14.7. The third-order valence-electron chi connectivity index (χ3n) is 2.91. The van der Waals surface area contributed by atoms with Gasteiger partial charge in [0, 0.05) is 11.3 Å².